The van der Waals surface area contributed by atoms with Gasteiger partial charge in [-0.25, -0.2) is 12.7 Å². The van der Waals surface area contributed by atoms with Crippen molar-refractivity contribution < 1.29 is 8.42 Å². The Balaban J connectivity index is 3.71. The number of hydrogen-bond acceptors (Lipinski definition) is 4. The normalized spacial score (nSPS) is 11.6. The summed E-state index contributed by atoms with van der Waals surface area (Å²) in [5.41, 5.74) is 0. The highest BCUT2D eigenvalue weighted by molar-refractivity contribution is 7.88. The average Bonchev–Trinajstić information content (AvgIpc) is 2.09. The Bertz CT molecular complexity index is 281. The van der Waals surface area contributed by atoms with Crippen molar-refractivity contribution in [3.8, 4) is 6.07 Å². The Kier molecular flexibility index (Phi) is 6.45. The molecule has 0 spiro atoms. The molecule has 0 radical (unpaired) electrons. The average molecular weight is 219 g/mol. The zero-order valence-corrected chi connectivity index (χ0v) is 9.47. The van der Waals surface area contributed by atoms with Gasteiger partial charge in [-0.15, -0.1) is 0 Å². The van der Waals surface area contributed by atoms with Gasteiger partial charge in [0.2, 0.25) is 10.0 Å². The van der Waals surface area contributed by atoms with Gasteiger partial charge in [-0.3, -0.25) is 0 Å². The van der Waals surface area contributed by atoms with Crippen molar-refractivity contribution in [2.45, 2.75) is 13.3 Å². The van der Waals surface area contributed by atoms with Crippen LogP contribution in [-0.4, -0.2) is 45.2 Å². The van der Waals surface area contributed by atoms with Gasteiger partial charge in [0, 0.05) is 13.1 Å². The molecule has 0 heterocycles. The second-order valence-corrected chi connectivity index (χ2v) is 4.93. The first-order valence-corrected chi connectivity index (χ1v) is 6.40. The molecule has 0 aliphatic carbocycles. The van der Waals surface area contributed by atoms with Crippen LogP contribution in [0.25, 0.3) is 0 Å². The van der Waals surface area contributed by atoms with Gasteiger partial charge >= 0.3 is 0 Å². The van der Waals surface area contributed by atoms with Crippen LogP contribution in [0.15, 0.2) is 0 Å². The van der Waals surface area contributed by atoms with Crippen molar-refractivity contribution in [2.24, 2.45) is 0 Å². The fourth-order valence-corrected chi connectivity index (χ4v) is 2.01. The van der Waals surface area contributed by atoms with E-state index in [-0.39, 0.29) is 0 Å². The van der Waals surface area contributed by atoms with E-state index in [4.69, 9.17) is 5.26 Å². The van der Waals surface area contributed by atoms with E-state index in [1.54, 1.807) is 0 Å². The van der Waals surface area contributed by atoms with E-state index in [0.717, 1.165) is 6.42 Å². The van der Waals surface area contributed by atoms with E-state index in [1.807, 2.05) is 13.0 Å². The fourth-order valence-electron chi connectivity index (χ4n) is 1.08. The van der Waals surface area contributed by atoms with Gasteiger partial charge in [-0.2, -0.15) is 5.26 Å². The molecule has 0 unspecified atom stereocenters. The van der Waals surface area contributed by atoms with Gasteiger partial charge in [-0.05, 0) is 13.0 Å². The quantitative estimate of drug-likeness (QED) is 0.474. The van der Waals surface area contributed by atoms with Crippen LogP contribution in [0.4, 0.5) is 0 Å². The third-order valence-corrected chi connectivity index (χ3v) is 3.17. The second-order valence-electron chi connectivity index (χ2n) is 2.94. The lowest BCUT2D eigenvalue weighted by Gasteiger charge is -2.17. The molecule has 0 saturated heterocycles. The van der Waals surface area contributed by atoms with Crippen LogP contribution in [0.1, 0.15) is 13.3 Å². The summed E-state index contributed by atoms with van der Waals surface area (Å²) in [6.45, 7) is 3.79. The van der Waals surface area contributed by atoms with Crippen LogP contribution in [0, 0.1) is 11.3 Å². The molecule has 1 N–H and O–H groups in total. The summed E-state index contributed by atoms with van der Waals surface area (Å²) in [4.78, 5) is 0. The summed E-state index contributed by atoms with van der Waals surface area (Å²) >= 11 is 0. The number of nitrogens with zero attached hydrogens (tertiary/aromatic N) is 2. The Labute approximate surface area is 85.8 Å². The minimum atomic E-state index is -3.07. The number of nitriles is 1. The van der Waals surface area contributed by atoms with Crippen LogP contribution in [-0.2, 0) is 10.0 Å². The molecular formula is C8H17N3O2S. The van der Waals surface area contributed by atoms with Crippen molar-refractivity contribution in [2.75, 3.05) is 32.4 Å². The lowest BCUT2D eigenvalue weighted by atomic mass is 10.4. The van der Waals surface area contributed by atoms with E-state index >= 15 is 0 Å². The van der Waals surface area contributed by atoms with Gasteiger partial charge < -0.3 is 5.32 Å². The van der Waals surface area contributed by atoms with Gasteiger partial charge in [0.1, 0.15) is 0 Å². The first kappa shape index (κ1) is 13.4. The van der Waals surface area contributed by atoms with Crippen molar-refractivity contribution >= 4 is 10.0 Å². The molecule has 6 heteroatoms. The number of hydrogen-bond donors (Lipinski definition) is 1. The lowest BCUT2D eigenvalue weighted by Crippen LogP contribution is -2.32. The molecule has 0 amide bonds. The summed E-state index contributed by atoms with van der Waals surface area (Å²) in [7, 11) is -3.07. The van der Waals surface area contributed by atoms with E-state index < -0.39 is 10.0 Å². The molecule has 0 aliphatic heterocycles. The highest BCUT2D eigenvalue weighted by Gasteiger charge is 2.12. The van der Waals surface area contributed by atoms with Crippen molar-refractivity contribution in [1.29, 1.82) is 5.26 Å². The molecule has 0 saturated carbocycles. The summed E-state index contributed by atoms with van der Waals surface area (Å²) < 4.78 is 23.7. The largest absolute Gasteiger partial charge is 0.304 e. The lowest BCUT2D eigenvalue weighted by molar-refractivity contribution is 0.421. The van der Waals surface area contributed by atoms with Crippen molar-refractivity contribution in [3.05, 3.63) is 0 Å². The molecule has 0 bridgehead atoms. The first-order valence-electron chi connectivity index (χ1n) is 4.55. The Morgan fingerprint density at radius 1 is 1.50 bits per heavy atom. The molecule has 82 valence electrons. The summed E-state index contributed by atoms with van der Waals surface area (Å²) in [5, 5.41) is 11.1. The maximum Gasteiger partial charge on any atom is 0.211 e. The highest BCUT2D eigenvalue weighted by Crippen LogP contribution is 1.97. The van der Waals surface area contributed by atoms with E-state index in [1.165, 1.54) is 10.6 Å². The van der Waals surface area contributed by atoms with Crippen LogP contribution in [0.3, 0.4) is 0 Å². The number of rotatable bonds is 7. The van der Waals surface area contributed by atoms with Crippen molar-refractivity contribution in [3.63, 3.8) is 0 Å². The molecule has 0 atom stereocenters. The zero-order valence-electron chi connectivity index (χ0n) is 8.65. The molecule has 0 aromatic carbocycles. The van der Waals surface area contributed by atoms with E-state index in [0.29, 0.717) is 26.2 Å². The Morgan fingerprint density at radius 3 is 2.57 bits per heavy atom. The molecule has 5 nitrogen and oxygen atoms in total. The molecule has 14 heavy (non-hydrogen) atoms. The van der Waals surface area contributed by atoms with Gasteiger partial charge in [0.25, 0.3) is 0 Å². The monoisotopic (exact) mass is 219 g/mol. The molecule has 0 aromatic heterocycles. The zero-order chi connectivity index (χ0) is 11.0. The topological polar surface area (TPSA) is 73.2 Å². The Hall–Kier alpha value is -0.640. The number of nitrogens with one attached hydrogen (secondary N) is 1. The molecule has 0 aliphatic rings. The predicted molar refractivity (Wildman–Crippen MR) is 55.2 cm³/mol. The Morgan fingerprint density at radius 2 is 2.14 bits per heavy atom. The third kappa shape index (κ3) is 5.91. The maximum absolute atomic E-state index is 11.1. The molecule has 0 aromatic rings. The highest BCUT2D eigenvalue weighted by atomic mass is 32.2. The minimum Gasteiger partial charge on any atom is -0.304 e. The van der Waals surface area contributed by atoms with E-state index in [9.17, 15) is 8.42 Å². The molecular weight excluding hydrogens is 202 g/mol. The van der Waals surface area contributed by atoms with Crippen LogP contribution in [0.2, 0.25) is 0 Å². The molecule has 0 rings (SSSR count). The standard InChI is InChI=1S/C8H17N3O2S/c1-3-11(14(2,12)13)8-4-6-10-7-5-9/h10H,3-4,6-8H2,1-2H3. The van der Waals surface area contributed by atoms with E-state index in [2.05, 4.69) is 5.32 Å². The first-order chi connectivity index (χ1) is 6.52. The smallest absolute Gasteiger partial charge is 0.211 e. The van der Waals surface area contributed by atoms with Crippen molar-refractivity contribution in [1.82, 2.24) is 9.62 Å². The summed E-state index contributed by atoms with van der Waals surface area (Å²) in [6, 6.07) is 1.96. The fraction of sp³-hybridized carbons (Fsp3) is 0.875. The van der Waals surface area contributed by atoms with Gasteiger partial charge in [-0.1, -0.05) is 6.92 Å². The van der Waals surface area contributed by atoms with Gasteiger partial charge in [0.15, 0.2) is 0 Å². The van der Waals surface area contributed by atoms with Crippen LogP contribution < -0.4 is 5.32 Å². The predicted octanol–water partition coefficient (Wildman–Crippen LogP) is -0.229. The second kappa shape index (κ2) is 6.76. The minimum absolute atomic E-state index is 0.311. The maximum atomic E-state index is 11.1. The summed E-state index contributed by atoms with van der Waals surface area (Å²) in [6.07, 6.45) is 1.93. The van der Waals surface area contributed by atoms with Gasteiger partial charge in [0.05, 0.1) is 18.9 Å². The van der Waals surface area contributed by atoms with Crippen LogP contribution in [0.5, 0.6) is 0 Å². The SMILES string of the molecule is CCN(CCCNCC#N)S(C)(=O)=O. The summed E-state index contributed by atoms with van der Waals surface area (Å²) in [5.74, 6) is 0. The van der Waals surface area contributed by atoms with Crippen LogP contribution >= 0.6 is 0 Å². The molecule has 0 fully saturated rings. The number of sulfonamides is 1. The third-order valence-electron chi connectivity index (χ3n) is 1.79.